The highest BCUT2D eigenvalue weighted by atomic mass is 16.2. The van der Waals surface area contributed by atoms with Gasteiger partial charge in [-0.1, -0.05) is 6.07 Å². The Labute approximate surface area is 175 Å². The molecule has 158 valence electrons. The number of piperidine rings is 1. The number of carbonyl (C=O) groups excluding carboxylic acids is 2. The minimum absolute atomic E-state index is 0.0111. The summed E-state index contributed by atoms with van der Waals surface area (Å²) in [5.41, 5.74) is 13.0. The molecule has 4 rings (SSSR count). The molecule has 1 aromatic carbocycles. The van der Waals surface area contributed by atoms with Crippen molar-refractivity contribution in [3.8, 4) is 0 Å². The summed E-state index contributed by atoms with van der Waals surface area (Å²) in [4.78, 5) is 37.3. The number of carbonyl (C=O) groups is 2. The maximum atomic E-state index is 12.7. The quantitative estimate of drug-likeness (QED) is 0.682. The molecular formula is C21H27N7O2. The summed E-state index contributed by atoms with van der Waals surface area (Å²) in [5.74, 6) is 0.208. The van der Waals surface area contributed by atoms with Crippen LogP contribution in [-0.4, -0.2) is 58.9 Å². The molecule has 0 aliphatic carbocycles. The largest absolute Gasteiger partial charge is 0.365 e. The summed E-state index contributed by atoms with van der Waals surface area (Å²) in [7, 11) is 0. The number of likely N-dealkylation sites (tertiary alicyclic amines) is 1. The molecule has 0 unspecified atom stereocenters. The fourth-order valence-corrected chi connectivity index (χ4v) is 3.96. The minimum atomic E-state index is -0.622. The molecule has 0 spiro atoms. The Morgan fingerprint density at radius 1 is 1.13 bits per heavy atom. The molecule has 1 aromatic heterocycles. The molecule has 0 radical (unpaired) electrons. The molecule has 2 aliphatic heterocycles. The number of rotatable bonds is 5. The summed E-state index contributed by atoms with van der Waals surface area (Å²) in [6.07, 6.45) is 5.45. The zero-order valence-corrected chi connectivity index (χ0v) is 16.9. The first-order chi connectivity index (χ1) is 14.5. The number of anilines is 3. The van der Waals surface area contributed by atoms with Gasteiger partial charge in [-0.2, -0.15) is 4.98 Å². The zero-order valence-electron chi connectivity index (χ0n) is 16.9. The van der Waals surface area contributed by atoms with E-state index in [0.717, 1.165) is 45.3 Å². The Bertz CT molecular complexity index is 943. The van der Waals surface area contributed by atoms with E-state index in [-0.39, 0.29) is 17.5 Å². The smallest absolute Gasteiger partial charge is 0.254 e. The monoisotopic (exact) mass is 409 g/mol. The van der Waals surface area contributed by atoms with E-state index >= 15 is 0 Å². The first-order valence-electron chi connectivity index (χ1n) is 10.3. The van der Waals surface area contributed by atoms with Crippen LogP contribution in [0.25, 0.3) is 0 Å². The van der Waals surface area contributed by atoms with Crippen LogP contribution < -0.4 is 21.7 Å². The van der Waals surface area contributed by atoms with Crippen LogP contribution in [0.3, 0.4) is 0 Å². The maximum absolute atomic E-state index is 12.7. The van der Waals surface area contributed by atoms with Crippen molar-refractivity contribution in [3.05, 3.63) is 41.6 Å². The van der Waals surface area contributed by atoms with E-state index in [9.17, 15) is 9.59 Å². The molecule has 2 amide bonds. The topological polar surface area (TPSA) is 130 Å². The van der Waals surface area contributed by atoms with Gasteiger partial charge in [0, 0.05) is 49.7 Å². The second-order valence-electron chi connectivity index (χ2n) is 7.85. The van der Waals surface area contributed by atoms with Crippen LogP contribution in [0.4, 0.5) is 17.5 Å². The van der Waals surface area contributed by atoms with E-state index in [1.54, 1.807) is 18.2 Å². The van der Waals surface area contributed by atoms with E-state index in [0.29, 0.717) is 29.6 Å². The van der Waals surface area contributed by atoms with Gasteiger partial charge in [0.05, 0.1) is 0 Å². The summed E-state index contributed by atoms with van der Waals surface area (Å²) in [6.45, 7) is 3.04. The number of amides is 2. The molecule has 2 aromatic rings. The SMILES string of the molecule is NC(=O)c1cnc(N2CCC[C@H](N)C2)nc1Nc1cccc(C(=O)N2CCCC2)c1. The lowest BCUT2D eigenvalue weighted by Gasteiger charge is -2.31. The number of aromatic nitrogens is 2. The Morgan fingerprint density at radius 3 is 2.67 bits per heavy atom. The number of benzene rings is 1. The van der Waals surface area contributed by atoms with Gasteiger partial charge in [-0.05, 0) is 43.9 Å². The Balaban J connectivity index is 1.59. The van der Waals surface area contributed by atoms with Crippen molar-refractivity contribution < 1.29 is 9.59 Å². The normalized spacial score (nSPS) is 19.0. The van der Waals surface area contributed by atoms with Gasteiger partial charge in [-0.25, -0.2) is 4.98 Å². The summed E-state index contributed by atoms with van der Waals surface area (Å²) < 4.78 is 0. The molecule has 9 nitrogen and oxygen atoms in total. The first-order valence-corrected chi connectivity index (χ1v) is 10.3. The number of primary amides is 1. The molecule has 1 atom stereocenters. The first kappa shape index (κ1) is 20.1. The molecule has 2 saturated heterocycles. The molecule has 9 heteroatoms. The van der Waals surface area contributed by atoms with Crippen molar-refractivity contribution in [2.75, 3.05) is 36.4 Å². The van der Waals surface area contributed by atoms with E-state index in [4.69, 9.17) is 11.5 Å². The van der Waals surface area contributed by atoms with Crippen LogP contribution in [0.5, 0.6) is 0 Å². The van der Waals surface area contributed by atoms with Gasteiger partial charge in [-0.15, -0.1) is 0 Å². The Morgan fingerprint density at radius 2 is 1.93 bits per heavy atom. The van der Waals surface area contributed by atoms with Crippen molar-refractivity contribution in [3.63, 3.8) is 0 Å². The average molecular weight is 409 g/mol. The molecule has 2 aliphatic rings. The van der Waals surface area contributed by atoms with Crippen molar-refractivity contribution in [2.45, 2.75) is 31.7 Å². The second-order valence-corrected chi connectivity index (χ2v) is 7.85. The number of hydrogen-bond acceptors (Lipinski definition) is 7. The van der Waals surface area contributed by atoms with Crippen molar-refractivity contribution in [1.29, 1.82) is 0 Å². The Kier molecular flexibility index (Phi) is 5.80. The van der Waals surface area contributed by atoms with Crippen LogP contribution in [0.15, 0.2) is 30.5 Å². The highest BCUT2D eigenvalue weighted by molar-refractivity contribution is 5.99. The predicted molar refractivity (Wildman–Crippen MR) is 115 cm³/mol. The van der Waals surface area contributed by atoms with Crippen molar-refractivity contribution in [2.24, 2.45) is 11.5 Å². The van der Waals surface area contributed by atoms with Crippen molar-refractivity contribution >= 4 is 29.3 Å². The number of nitrogens with two attached hydrogens (primary N) is 2. The van der Waals surface area contributed by atoms with Crippen LogP contribution in [-0.2, 0) is 0 Å². The van der Waals surface area contributed by atoms with E-state index < -0.39 is 5.91 Å². The summed E-state index contributed by atoms with van der Waals surface area (Å²) >= 11 is 0. The van der Waals surface area contributed by atoms with Gasteiger partial charge in [0.2, 0.25) is 5.95 Å². The second kappa shape index (κ2) is 8.66. The van der Waals surface area contributed by atoms with Crippen LogP contribution >= 0.6 is 0 Å². The molecule has 0 saturated carbocycles. The molecule has 30 heavy (non-hydrogen) atoms. The summed E-state index contributed by atoms with van der Waals surface area (Å²) in [5, 5.41) is 3.15. The molecule has 2 fully saturated rings. The lowest BCUT2D eigenvalue weighted by molar-refractivity contribution is 0.0792. The highest BCUT2D eigenvalue weighted by Gasteiger charge is 2.22. The van der Waals surface area contributed by atoms with E-state index in [2.05, 4.69) is 15.3 Å². The van der Waals surface area contributed by atoms with Gasteiger partial charge in [0.15, 0.2) is 0 Å². The zero-order chi connectivity index (χ0) is 21.1. The fourth-order valence-electron chi connectivity index (χ4n) is 3.96. The van der Waals surface area contributed by atoms with Gasteiger partial charge < -0.3 is 26.6 Å². The van der Waals surface area contributed by atoms with Gasteiger partial charge >= 0.3 is 0 Å². The summed E-state index contributed by atoms with van der Waals surface area (Å²) in [6, 6.07) is 7.26. The molecule has 0 bridgehead atoms. The lowest BCUT2D eigenvalue weighted by atomic mass is 10.1. The van der Waals surface area contributed by atoms with Gasteiger partial charge in [0.1, 0.15) is 11.4 Å². The lowest BCUT2D eigenvalue weighted by Crippen LogP contribution is -2.43. The van der Waals surface area contributed by atoms with Gasteiger partial charge in [-0.3, -0.25) is 9.59 Å². The number of nitrogens with zero attached hydrogens (tertiary/aromatic N) is 4. The van der Waals surface area contributed by atoms with Crippen molar-refractivity contribution in [1.82, 2.24) is 14.9 Å². The number of nitrogens with one attached hydrogen (secondary N) is 1. The molecular weight excluding hydrogens is 382 g/mol. The van der Waals surface area contributed by atoms with E-state index in [1.807, 2.05) is 15.9 Å². The van der Waals surface area contributed by atoms with Crippen LogP contribution in [0.2, 0.25) is 0 Å². The third-order valence-corrected chi connectivity index (χ3v) is 5.55. The maximum Gasteiger partial charge on any atom is 0.254 e. The Hall–Kier alpha value is -3.20. The van der Waals surface area contributed by atoms with Crippen LogP contribution in [0.1, 0.15) is 46.4 Å². The molecule has 5 N–H and O–H groups in total. The highest BCUT2D eigenvalue weighted by Crippen LogP contribution is 2.24. The van der Waals surface area contributed by atoms with Gasteiger partial charge in [0.25, 0.3) is 11.8 Å². The van der Waals surface area contributed by atoms with Crippen LogP contribution in [0, 0.1) is 0 Å². The minimum Gasteiger partial charge on any atom is -0.365 e. The third-order valence-electron chi connectivity index (χ3n) is 5.55. The predicted octanol–water partition coefficient (Wildman–Crippen LogP) is 1.48. The molecule has 3 heterocycles. The number of hydrogen-bond donors (Lipinski definition) is 3. The fraction of sp³-hybridized carbons (Fsp3) is 0.429. The average Bonchev–Trinajstić information content (AvgIpc) is 3.28. The van der Waals surface area contributed by atoms with E-state index in [1.165, 1.54) is 6.20 Å². The standard InChI is InChI=1S/C21H27N7O2/c22-15-6-4-10-28(13-15)21-24-12-17(18(23)29)19(26-21)25-16-7-3-5-14(11-16)20(30)27-8-1-2-9-27/h3,5,7,11-12,15H,1-2,4,6,8-10,13,22H2,(H2,23,29)(H,24,25,26)/t15-/m0/s1. The third kappa shape index (κ3) is 4.35.